The Bertz CT molecular complexity index is 235. The Morgan fingerprint density at radius 2 is 1.86 bits per heavy atom. The van der Waals surface area contributed by atoms with Crippen LogP contribution in [0.25, 0.3) is 0 Å². The van der Waals surface area contributed by atoms with Crippen LogP contribution >= 0.6 is 7.60 Å². The summed E-state index contributed by atoms with van der Waals surface area (Å²) in [4.78, 5) is 20.3. The van der Waals surface area contributed by atoms with Crippen molar-refractivity contribution in [2.75, 3.05) is 6.16 Å². The summed E-state index contributed by atoms with van der Waals surface area (Å²) in [5, 5.41) is 0. The van der Waals surface area contributed by atoms with Crippen LogP contribution in [0.1, 0.15) is 34.1 Å². The van der Waals surface area contributed by atoms with Gasteiger partial charge in [-0.25, -0.2) is 4.57 Å². The molecule has 5 heteroatoms. The van der Waals surface area contributed by atoms with Gasteiger partial charge in [-0.05, 0) is 12.3 Å². The van der Waals surface area contributed by atoms with E-state index in [-0.39, 0.29) is 12.1 Å². The molecule has 0 aliphatic rings. The van der Waals surface area contributed by atoms with Crippen LogP contribution in [0.3, 0.4) is 0 Å². The van der Waals surface area contributed by atoms with Crippen LogP contribution < -0.4 is 0 Å². The second kappa shape index (κ2) is 5.52. The Kier molecular flexibility index (Phi) is 5.38. The van der Waals surface area contributed by atoms with Gasteiger partial charge in [0, 0.05) is 0 Å². The molecule has 0 heterocycles. The molecule has 0 aromatic rings. The summed E-state index contributed by atoms with van der Waals surface area (Å²) in [7, 11) is -3.71. The van der Waals surface area contributed by atoms with E-state index in [0.717, 1.165) is 0 Å². The second-order valence-corrected chi connectivity index (χ2v) is 6.01. The summed E-state index contributed by atoms with van der Waals surface area (Å²) < 4.78 is 15.9. The Balaban J connectivity index is 4.08. The molecule has 0 radical (unpaired) electrons. The van der Waals surface area contributed by atoms with Crippen molar-refractivity contribution >= 4 is 13.6 Å². The van der Waals surface area contributed by atoms with Gasteiger partial charge in [0.15, 0.2) is 0 Å². The molecule has 0 amide bonds. The van der Waals surface area contributed by atoms with Crippen LogP contribution in [0.5, 0.6) is 0 Å². The molecule has 0 bridgehead atoms. The summed E-state index contributed by atoms with van der Waals surface area (Å²) >= 11 is 0. The summed E-state index contributed by atoms with van der Waals surface area (Å²) in [6, 6.07) is 0. The molecule has 4 nitrogen and oxygen atoms in total. The van der Waals surface area contributed by atoms with E-state index in [1.54, 1.807) is 13.8 Å². The quantitative estimate of drug-likeness (QED) is 0.725. The molecule has 0 rings (SSSR count). The minimum absolute atomic E-state index is 0.0448. The van der Waals surface area contributed by atoms with E-state index in [0.29, 0.717) is 12.3 Å². The topological polar surface area (TPSA) is 63.6 Å². The van der Waals surface area contributed by atoms with Gasteiger partial charge in [-0.15, -0.1) is 0 Å². The van der Waals surface area contributed by atoms with E-state index >= 15 is 0 Å². The Labute approximate surface area is 85.2 Å². The first kappa shape index (κ1) is 13.7. The monoisotopic (exact) mass is 222 g/mol. The van der Waals surface area contributed by atoms with Gasteiger partial charge in [-0.2, -0.15) is 0 Å². The lowest BCUT2D eigenvalue weighted by molar-refractivity contribution is -0.138. The molecule has 0 spiro atoms. The average molecular weight is 222 g/mol. The standard InChI is InChI=1S/C9H19O4P/c1-7(2)5-6-14(11,12)13-9(10)8(3)4/h7-8H,5-6H2,1-4H3,(H,11,12). The number of rotatable bonds is 5. The fraction of sp³-hybridized carbons (Fsp3) is 0.889. The van der Waals surface area contributed by atoms with Crippen LogP contribution in [-0.2, 0) is 13.9 Å². The van der Waals surface area contributed by atoms with Crippen molar-refractivity contribution in [1.82, 2.24) is 0 Å². The minimum atomic E-state index is -3.71. The lowest BCUT2D eigenvalue weighted by atomic mass is 10.2. The van der Waals surface area contributed by atoms with E-state index in [2.05, 4.69) is 4.52 Å². The lowest BCUT2D eigenvalue weighted by Crippen LogP contribution is -2.11. The summed E-state index contributed by atoms with van der Waals surface area (Å²) in [5.41, 5.74) is 0. The molecule has 1 atom stereocenters. The van der Waals surface area contributed by atoms with Crippen LogP contribution in [0, 0.1) is 11.8 Å². The molecule has 0 aromatic carbocycles. The van der Waals surface area contributed by atoms with Crippen molar-refractivity contribution in [2.45, 2.75) is 34.1 Å². The van der Waals surface area contributed by atoms with Gasteiger partial charge in [0.2, 0.25) is 0 Å². The van der Waals surface area contributed by atoms with E-state index in [1.165, 1.54) is 0 Å². The molecule has 1 unspecified atom stereocenters. The third kappa shape index (κ3) is 6.17. The average Bonchev–Trinajstić information content (AvgIpc) is 2.00. The first-order valence-corrected chi connectivity index (χ1v) is 6.56. The predicted molar refractivity (Wildman–Crippen MR) is 55.1 cm³/mol. The number of hydrogen-bond donors (Lipinski definition) is 1. The smallest absolute Gasteiger partial charge is 0.378 e. The predicted octanol–water partition coefficient (Wildman–Crippen LogP) is 2.42. The maximum Gasteiger partial charge on any atom is 0.378 e. The van der Waals surface area contributed by atoms with Gasteiger partial charge < -0.3 is 9.42 Å². The third-order valence-electron chi connectivity index (χ3n) is 1.69. The van der Waals surface area contributed by atoms with E-state index in [9.17, 15) is 14.3 Å². The molecular formula is C9H19O4P. The van der Waals surface area contributed by atoms with E-state index < -0.39 is 13.6 Å². The van der Waals surface area contributed by atoms with Gasteiger partial charge in [-0.1, -0.05) is 27.7 Å². The zero-order valence-corrected chi connectivity index (χ0v) is 10.1. The Morgan fingerprint density at radius 3 is 2.21 bits per heavy atom. The van der Waals surface area contributed by atoms with Crippen molar-refractivity contribution in [3.63, 3.8) is 0 Å². The van der Waals surface area contributed by atoms with E-state index in [1.807, 2.05) is 13.8 Å². The highest BCUT2D eigenvalue weighted by Gasteiger charge is 2.25. The largest absolute Gasteiger partial charge is 0.392 e. The molecule has 14 heavy (non-hydrogen) atoms. The number of carbonyl (C=O) groups is 1. The molecule has 0 saturated heterocycles. The first-order chi connectivity index (χ1) is 6.24. The molecule has 0 fully saturated rings. The second-order valence-electron chi connectivity index (χ2n) is 4.11. The first-order valence-electron chi connectivity index (χ1n) is 4.80. The molecule has 0 aromatic heterocycles. The fourth-order valence-corrected chi connectivity index (χ4v) is 2.14. The molecule has 0 aliphatic heterocycles. The van der Waals surface area contributed by atoms with Crippen molar-refractivity contribution in [3.8, 4) is 0 Å². The molecule has 0 aliphatic carbocycles. The zero-order chi connectivity index (χ0) is 11.4. The fourth-order valence-electron chi connectivity index (χ4n) is 0.713. The van der Waals surface area contributed by atoms with Gasteiger partial charge in [0.05, 0.1) is 12.1 Å². The summed E-state index contributed by atoms with van der Waals surface area (Å²) in [6.07, 6.45) is 0.627. The van der Waals surface area contributed by atoms with Crippen LogP contribution in [-0.4, -0.2) is 17.0 Å². The van der Waals surface area contributed by atoms with E-state index in [4.69, 9.17) is 0 Å². The normalized spacial score (nSPS) is 15.6. The molecular weight excluding hydrogens is 203 g/mol. The van der Waals surface area contributed by atoms with Gasteiger partial charge >= 0.3 is 13.6 Å². The van der Waals surface area contributed by atoms with Crippen LogP contribution in [0.15, 0.2) is 0 Å². The SMILES string of the molecule is CC(C)CCP(=O)(O)OC(=O)C(C)C. The van der Waals surface area contributed by atoms with Gasteiger partial charge in [0.25, 0.3) is 0 Å². The van der Waals surface area contributed by atoms with Crippen molar-refractivity contribution in [1.29, 1.82) is 0 Å². The van der Waals surface area contributed by atoms with Crippen LogP contribution in [0.4, 0.5) is 0 Å². The molecule has 1 N–H and O–H groups in total. The molecule has 0 saturated carbocycles. The minimum Gasteiger partial charge on any atom is -0.392 e. The maximum absolute atomic E-state index is 11.3. The summed E-state index contributed by atoms with van der Waals surface area (Å²) in [5.74, 6) is -0.651. The number of carbonyl (C=O) groups excluding carboxylic acids is 1. The highest BCUT2D eigenvalue weighted by Crippen LogP contribution is 2.43. The highest BCUT2D eigenvalue weighted by molar-refractivity contribution is 7.53. The molecule has 84 valence electrons. The number of hydrogen-bond acceptors (Lipinski definition) is 3. The Hall–Kier alpha value is -0.340. The van der Waals surface area contributed by atoms with Crippen molar-refractivity contribution in [3.05, 3.63) is 0 Å². The zero-order valence-electron chi connectivity index (χ0n) is 9.19. The highest BCUT2D eigenvalue weighted by atomic mass is 31.2. The maximum atomic E-state index is 11.3. The lowest BCUT2D eigenvalue weighted by Gasteiger charge is -2.14. The summed E-state index contributed by atoms with van der Waals surface area (Å²) in [6.45, 7) is 7.16. The van der Waals surface area contributed by atoms with Gasteiger partial charge in [0.1, 0.15) is 0 Å². The van der Waals surface area contributed by atoms with Gasteiger partial charge in [-0.3, -0.25) is 4.79 Å². The van der Waals surface area contributed by atoms with Crippen molar-refractivity contribution < 1.29 is 18.8 Å². The third-order valence-corrected chi connectivity index (χ3v) is 2.98. The Morgan fingerprint density at radius 1 is 1.36 bits per heavy atom. The van der Waals surface area contributed by atoms with Crippen molar-refractivity contribution in [2.24, 2.45) is 11.8 Å². The van der Waals surface area contributed by atoms with Crippen LogP contribution in [0.2, 0.25) is 0 Å².